The van der Waals surface area contributed by atoms with Crippen LogP contribution in [0.3, 0.4) is 0 Å². The maximum atomic E-state index is 12.6. The van der Waals surface area contributed by atoms with Gasteiger partial charge in [0.15, 0.2) is 0 Å². The van der Waals surface area contributed by atoms with Crippen molar-refractivity contribution in [2.24, 2.45) is 17.8 Å². The zero-order chi connectivity index (χ0) is 16.2. The minimum atomic E-state index is 0.301. The summed E-state index contributed by atoms with van der Waals surface area (Å²) in [7, 11) is 0. The molecule has 0 unspecified atom stereocenters. The molecular weight excluding hydrogens is 284 g/mol. The average molecular weight is 314 g/mol. The monoisotopic (exact) mass is 314 g/mol. The third-order valence-corrected chi connectivity index (χ3v) is 5.39. The molecule has 2 saturated heterocycles. The van der Waals surface area contributed by atoms with Crippen molar-refractivity contribution in [3.05, 3.63) is 35.4 Å². The van der Waals surface area contributed by atoms with Crippen molar-refractivity contribution >= 4 is 5.91 Å². The second-order valence-corrected chi connectivity index (χ2v) is 7.73. The maximum absolute atomic E-state index is 12.6. The molecule has 2 heterocycles. The van der Waals surface area contributed by atoms with E-state index in [-0.39, 0.29) is 0 Å². The highest BCUT2D eigenvalue weighted by atomic mass is 16.2. The van der Waals surface area contributed by atoms with Crippen molar-refractivity contribution in [2.45, 2.75) is 39.5 Å². The van der Waals surface area contributed by atoms with Crippen LogP contribution < -0.4 is 5.32 Å². The predicted molar refractivity (Wildman–Crippen MR) is 94.4 cm³/mol. The van der Waals surface area contributed by atoms with E-state index >= 15 is 0 Å². The SMILES string of the molecule is CC(C)Cc1ccc(CC(=O)N2CC[C@@H]3CNC[C@@H]3CC2)cc1. The van der Waals surface area contributed by atoms with Gasteiger partial charge in [0.05, 0.1) is 6.42 Å². The smallest absolute Gasteiger partial charge is 0.226 e. The Morgan fingerprint density at radius 1 is 1.09 bits per heavy atom. The van der Waals surface area contributed by atoms with Crippen molar-refractivity contribution in [3.8, 4) is 0 Å². The van der Waals surface area contributed by atoms with E-state index in [4.69, 9.17) is 0 Å². The Bertz CT molecular complexity index is 509. The Kier molecular flexibility index (Phi) is 5.37. The van der Waals surface area contributed by atoms with Crippen molar-refractivity contribution in [1.82, 2.24) is 10.2 Å². The van der Waals surface area contributed by atoms with Crippen LogP contribution in [0.15, 0.2) is 24.3 Å². The molecule has 0 aromatic heterocycles. The van der Waals surface area contributed by atoms with Gasteiger partial charge >= 0.3 is 0 Å². The van der Waals surface area contributed by atoms with Gasteiger partial charge in [0, 0.05) is 13.1 Å². The summed E-state index contributed by atoms with van der Waals surface area (Å²) >= 11 is 0. The van der Waals surface area contributed by atoms with Crippen molar-refractivity contribution in [2.75, 3.05) is 26.2 Å². The van der Waals surface area contributed by atoms with Crippen molar-refractivity contribution in [3.63, 3.8) is 0 Å². The number of nitrogens with one attached hydrogen (secondary N) is 1. The lowest BCUT2D eigenvalue weighted by Gasteiger charge is -2.21. The third kappa shape index (κ3) is 4.35. The van der Waals surface area contributed by atoms with Crippen LogP contribution in [0.5, 0.6) is 0 Å². The van der Waals surface area contributed by atoms with Crippen molar-refractivity contribution in [1.29, 1.82) is 0 Å². The Morgan fingerprint density at radius 2 is 1.65 bits per heavy atom. The second kappa shape index (κ2) is 7.48. The molecule has 1 N–H and O–H groups in total. The van der Waals surface area contributed by atoms with Crippen molar-refractivity contribution < 1.29 is 4.79 Å². The fourth-order valence-electron chi connectivity index (χ4n) is 4.02. The Hall–Kier alpha value is -1.35. The summed E-state index contributed by atoms with van der Waals surface area (Å²) in [6.07, 6.45) is 3.99. The molecule has 0 aliphatic carbocycles. The number of amides is 1. The summed E-state index contributed by atoms with van der Waals surface area (Å²) in [5.41, 5.74) is 2.51. The van der Waals surface area contributed by atoms with E-state index in [1.165, 1.54) is 5.56 Å². The molecule has 3 rings (SSSR count). The number of hydrogen-bond acceptors (Lipinski definition) is 2. The largest absolute Gasteiger partial charge is 0.342 e. The highest BCUT2D eigenvalue weighted by molar-refractivity contribution is 5.78. The number of hydrogen-bond donors (Lipinski definition) is 1. The lowest BCUT2D eigenvalue weighted by atomic mass is 9.92. The molecule has 2 aliphatic rings. The average Bonchev–Trinajstić information content (AvgIpc) is 2.87. The number of fused-ring (bicyclic) bond motifs is 1. The number of benzene rings is 1. The molecule has 3 nitrogen and oxygen atoms in total. The van der Waals surface area contributed by atoms with Crippen LogP contribution in [0.25, 0.3) is 0 Å². The molecule has 2 fully saturated rings. The van der Waals surface area contributed by atoms with Gasteiger partial charge in [-0.1, -0.05) is 38.1 Å². The molecular formula is C20H30N2O. The third-order valence-electron chi connectivity index (χ3n) is 5.39. The first-order valence-corrected chi connectivity index (χ1v) is 9.18. The number of nitrogens with zero attached hydrogens (tertiary/aromatic N) is 1. The van der Waals surface area contributed by atoms with Crippen LogP contribution in [0, 0.1) is 17.8 Å². The molecule has 2 atom stereocenters. The number of carbonyl (C=O) groups is 1. The standard InChI is InChI=1S/C20H30N2O/c1-15(2)11-16-3-5-17(6-4-16)12-20(23)22-9-7-18-13-21-14-19(18)8-10-22/h3-6,15,18-19,21H,7-14H2,1-2H3/t18-,19+. The van der Waals surface area contributed by atoms with Gasteiger partial charge in [-0.3, -0.25) is 4.79 Å². The van der Waals surface area contributed by atoms with Gasteiger partial charge in [-0.15, -0.1) is 0 Å². The molecule has 0 radical (unpaired) electrons. The van der Waals surface area contributed by atoms with Gasteiger partial charge < -0.3 is 10.2 Å². The number of rotatable bonds is 4. The van der Waals surface area contributed by atoms with Gasteiger partial charge in [-0.25, -0.2) is 0 Å². The summed E-state index contributed by atoms with van der Waals surface area (Å²) in [5.74, 6) is 2.54. The van der Waals surface area contributed by atoms with Gasteiger partial charge in [0.1, 0.15) is 0 Å². The van der Waals surface area contributed by atoms with Gasteiger partial charge in [-0.2, -0.15) is 0 Å². The summed E-state index contributed by atoms with van der Waals surface area (Å²) in [5, 5.41) is 3.49. The van der Waals surface area contributed by atoms with Gasteiger partial charge in [-0.05, 0) is 61.2 Å². The van der Waals surface area contributed by atoms with Crippen LogP contribution in [0.1, 0.15) is 37.8 Å². The zero-order valence-electron chi connectivity index (χ0n) is 14.6. The Balaban J connectivity index is 1.54. The highest BCUT2D eigenvalue weighted by Crippen LogP contribution is 2.27. The van der Waals surface area contributed by atoms with E-state index in [0.29, 0.717) is 18.2 Å². The molecule has 1 aromatic carbocycles. The first-order valence-electron chi connectivity index (χ1n) is 9.18. The molecule has 3 heteroatoms. The minimum Gasteiger partial charge on any atom is -0.342 e. The van der Waals surface area contributed by atoms with Crippen LogP contribution in [-0.4, -0.2) is 37.0 Å². The topological polar surface area (TPSA) is 32.3 Å². The lowest BCUT2D eigenvalue weighted by Crippen LogP contribution is -2.33. The summed E-state index contributed by atoms with van der Waals surface area (Å²) in [6.45, 7) is 8.64. The minimum absolute atomic E-state index is 0.301. The molecule has 0 spiro atoms. The fourth-order valence-corrected chi connectivity index (χ4v) is 4.02. The molecule has 1 aromatic rings. The Labute approximate surface area is 140 Å². The van der Waals surface area contributed by atoms with E-state index in [1.54, 1.807) is 0 Å². The van der Waals surface area contributed by atoms with E-state index in [2.05, 4.69) is 48.3 Å². The van der Waals surface area contributed by atoms with Gasteiger partial charge in [0.25, 0.3) is 0 Å². The molecule has 126 valence electrons. The fraction of sp³-hybridized carbons (Fsp3) is 0.650. The van der Waals surface area contributed by atoms with Crippen LogP contribution in [0.2, 0.25) is 0 Å². The highest BCUT2D eigenvalue weighted by Gasteiger charge is 2.31. The van der Waals surface area contributed by atoms with E-state index in [1.807, 2.05) is 0 Å². The van der Waals surface area contributed by atoms with E-state index in [0.717, 1.165) is 62.8 Å². The predicted octanol–water partition coefficient (Wildman–Crippen LogP) is 2.89. The molecule has 1 amide bonds. The molecule has 23 heavy (non-hydrogen) atoms. The zero-order valence-corrected chi connectivity index (χ0v) is 14.6. The summed E-state index contributed by atoms with van der Waals surface area (Å²) in [6, 6.07) is 8.63. The quantitative estimate of drug-likeness (QED) is 0.927. The maximum Gasteiger partial charge on any atom is 0.226 e. The first kappa shape index (κ1) is 16.5. The summed E-state index contributed by atoms with van der Waals surface area (Å²) < 4.78 is 0. The van der Waals surface area contributed by atoms with E-state index in [9.17, 15) is 4.79 Å². The first-order chi connectivity index (χ1) is 11.1. The molecule has 0 bridgehead atoms. The van der Waals surface area contributed by atoms with Crippen LogP contribution in [-0.2, 0) is 17.6 Å². The summed E-state index contributed by atoms with van der Waals surface area (Å²) in [4.78, 5) is 14.7. The molecule has 2 aliphatic heterocycles. The normalized spacial score (nSPS) is 24.6. The Morgan fingerprint density at radius 3 is 2.22 bits per heavy atom. The van der Waals surface area contributed by atoms with Gasteiger partial charge in [0.2, 0.25) is 5.91 Å². The number of likely N-dealkylation sites (tertiary alicyclic amines) is 1. The van der Waals surface area contributed by atoms with Crippen LogP contribution >= 0.6 is 0 Å². The van der Waals surface area contributed by atoms with E-state index < -0.39 is 0 Å². The molecule has 0 saturated carbocycles. The number of carbonyl (C=O) groups excluding carboxylic acids is 1. The second-order valence-electron chi connectivity index (χ2n) is 7.73. The lowest BCUT2D eigenvalue weighted by molar-refractivity contribution is -0.130. The van der Waals surface area contributed by atoms with Crippen LogP contribution in [0.4, 0.5) is 0 Å².